The van der Waals surface area contributed by atoms with E-state index in [-0.39, 0.29) is 16.1 Å². The van der Waals surface area contributed by atoms with Crippen LogP contribution >= 0.6 is 0 Å². The summed E-state index contributed by atoms with van der Waals surface area (Å²) in [6, 6.07) is 14.0. The molecule has 1 unspecified atom stereocenters. The first-order chi connectivity index (χ1) is 16.4. The summed E-state index contributed by atoms with van der Waals surface area (Å²) in [6.45, 7) is 4.69. The number of hydrogen-bond donors (Lipinski definition) is 3. The number of carbonyl (C=O) groups is 1. The van der Waals surface area contributed by atoms with Gasteiger partial charge in [0.1, 0.15) is 17.2 Å². The third kappa shape index (κ3) is 7.00. The van der Waals surface area contributed by atoms with E-state index in [2.05, 4.69) is 10.0 Å². The van der Waals surface area contributed by atoms with E-state index in [1.807, 2.05) is 0 Å². The number of halogens is 2. The Hall–Kier alpha value is -3.50. The molecule has 0 saturated heterocycles. The van der Waals surface area contributed by atoms with E-state index in [9.17, 15) is 27.1 Å². The summed E-state index contributed by atoms with van der Waals surface area (Å²) in [6.07, 6.45) is -0.722. The first kappa shape index (κ1) is 26.1. The van der Waals surface area contributed by atoms with Gasteiger partial charge in [-0.1, -0.05) is 24.3 Å². The highest BCUT2D eigenvalue weighted by molar-refractivity contribution is 7.92. The summed E-state index contributed by atoms with van der Waals surface area (Å²) in [4.78, 5) is 12.0. The molecule has 7 nitrogen and oxygen atoms in total. The van der Waals surface area contributed by atoms with Gasteiger partial charge < -0.3 is 15.2 Å². The fourth-order valence-electron chi connectivity index (χ4n) is 3.25. The maximum absolute atomic E-state index is 14.0. The van der Waals surface area contributed by atoms with E-state index in [0.717, 1.165) is 12.1 Å². The Balaban J connectivity index is 1.77. The largest absolute Gasteiger partial charge is 0.444 e. The molecule has 1 amide bonds. The number of sulfonamides is 1. The maximum atomic E-state index is 14.0. The van der Waals surface area contributed by atoms with E-state index in [1.54, 1.807) is 32.9 Å². The zero-order chi connectivity index (χ0) is 25.8. The van der Waals surface area contributed by atoms with Crippen LogP contribution in [0.2, 0.25) is 0 Å². The third-order valence-corrected chi connectivity index (χ3v) is 6.22. The van der Waals surface area contributed by atoms with Crippen molar-refractivity contribution in [2.75, 3.05) is 11.3 Å². The van der Waals surface area contributed by atoms with Crippen molar-refractivity contribution in [1.82, 2.24) is 5.32 Å². The third-order valence-electron chi connectivity index (χ3n) is 4.82. The normalized spacial score (nSPS) is 12.6. The molecule has 186 valence electrons. The fourth-order valence-corrected chi connectivity index (χ4v) is 4.30. The molecule has 0 radical (unpaired) electrons. The van der Waals surface area contributed by atoms with E-state index in [4.69, 9.17) is 4.74 Å². The van der Waals surface area contributed by atoms with Crippen molar-refractivity contribution in [3.8, 4) is 11.1 Å². The fraction of sp³-hybridized carbons (Fsp3) is 0.240. The second kappa shape index (κ2) is 10.4. The molecule has 3 rings (SSSR count). The van der Waals surface area contributed by atoms with Gasteiger partial charge in [-0.05, 0) is 68.3 Å². The van der Waals surface area contributed by atoms with Crippen LogP contribution < -0.4 is 10.0 Å². The van der Waals surface area contributed by atoms with E-state index in [0.29, 0.717) is 11.1 Å². The van der Waals surface area contributed by atoms with Crippen molar-refractivity contribution in [1.29, 1.82) is 0 Å². The van der Waals surface area contributed by atoms with Gasteiger partial charge >= 0.3 is 6.09 Å². The van der Waals surface area contributed by atoms with Gasteiger partial charge in [-0.2, -0.15) is 0 Å². The van der Waals surface area contributed by atoms with Crippen LogP contribution in [0.25, 0.3) is 11.1 Å². The first-order valence-corrected chi connectivity index (χ1v) is 12.1. The number of aliphatic hydroxyl groups is 1. The van der Waals surface area contributed by atoms with Crippen molar-refractivity contribution >= 4 is 21.8 Å². The van der Waals surface area contributed by atoms with Gasteiger partial charge in [0.2, 0.25) is 0 Å². The van der Waals surface area contributed by atoms with Crippen molar-refractivity contribution in [3.63, 3.8) is 0 Å². The topological polar surface area (TPSA) is 105 Å². The minimum atomic E-state index is -4.00. The van der Waals surface area contributed by atoms with Gasteiger partial charge in [-0.3, -0.25) is 4.72 Å². The standard InChI is InChI=1S/C25H26F2N2O5S/c1-25(2,3)34-24(31)28-23(15-30)17-5-4-6-19(13-17)29-35(32,33)20-10-7-16(8-11-20)21-12-9-18(26)14-22(21)27/h4-14,23,29-30H,15H2,1-3H3,(H,28,31). The summed E-state index contributed by atoms with van der Waals surface area (Å²) in [5.74, 6) is -1.46. The Morgan fingerprint density at radius 3 is 2.31 bits per heavy atom. The molecule has 3 aromatic carbocycles. The summed E-state index contributed by atoms with van der Waals surface area (Å²) >= 11 is 0. The minimum Gasteiger partial charge on any atom is -0.444 e. The summed E-state index contributed by atoms with van der Waals surface area (Å²) in [5.41, 5.74) is 0.479. The highest BCUT2D eigenvalue weighted by Gasteiger charge is 2.21. The Morgan fingerprint density at radius 1 is 1.03 bits per heavy atom. The predicted molar refractivity (Wildman–Crippen MR) is 128 cm³/mol. The molecule has 10 heteroatoms. The number of ether oxygens (including phenoxy) is 1. The molecule has 0 bridgehead atoms. The van der Waals surface area contributed by atoms with Gasteiger partial charge in [0.15, 0.2) is 0 Å². The molecule has 0 saturated carbocycles. The molecule has 0 spiro atoms. The highest BCUT2D eigenvalue weighted by Crippen LogP contribution is 2.26. The van der Waals surface area contributed by atoms with E-state index in [1.165, 1.54) is 42.5 Å². The predicted octanol–water partition coefficient (Wildman–Crippen LogP) is 4.99. The molecular formula is C25H26F2N2O5S. The molecular weight excluding hydrogens is 478 g/mol. The average Bonchev–Trinajstić information content (AvgIpc) is 2.76. The lowest BCUT2D eigenvalue weighted by Gasteiger charge is -2.23. The number of amides is 1. The monoisotopic (exact) mass is 504 g/mol. The molecule has 0 aliphatic rings. The smallest absolute Gasteiger partial charge is 0.408 e. The number of anilines is 1. The van der Waals surface area contributed by atoms with Crippen LogP contribution in [0, 0.1) is 11.6 Å². The molecule has 1 atom stereocenters. The van der Waals surface area contributed by atoms with Crippen LogP contribution in [-0.2, 0) is 14.8 Å². The van der Waals surface area contributed by atoms with Gasteiger partial charge in [-0.15, -0.1) is 0 Å². The molecule has 3 N–H and O–H groups in total. The number of aliphatic hydroxyl groups excluding tert-OH is 1. The second-order valence-corrected chi connectivity index (χ2v) is 10.4. The lowest BCUT2D eigenvalue weighted by Crippen LogP contribution is -2.36. The SMILES string of the molecule is CC(C)(C)OC(=O)NC(CO)c1cccc(NS(=O)(=O)c2ccc(-c3ccc(F)cc3F)cc2)c1. The highest BCUT2D eigenvalue weighted by atomic mass is 32.2. The number of rotatable bonds is 7. The number of benzene rings is 3. The Morgan fingerprint density at radius 2 is 1.71 bits per heavy atom. The molecule has 0 heterocycles. The average molecular weight is 505 g/mol. The van der Waals surface area contributed by atoms with Crippen LogP contribution in [-0.4, -0.2) is 31.8 Å². The second-order valence-electron chi connectivity index (χ2n) is 8.76. The number of carbonyl (C=O) groups excluding carboxylic acids is 1. The van der Waals surface area contributed by atoms with Crippen LogP contribution in [0.1, 0.15) is 32.4 Å². The molecule has 0 aliphatic heterocycles. The van der Waals surface area contributed by atoms with E-state index >= 15 is 0 Å². The summed E-state index contributed by atoms with van der Waals surface area (Å²) < 4.78 is 60.6. The Kier molecular flexibility index (Phi) is 7.76. The summed E-state index contributed by atoms with van der Waals surface area (Å²) in [5, 5.41) is 12.3. The van der Waals surface area contributed by atoms with Crippen LogP contribution in [0.15, 0.2) is 71.6 Å². The van der Waals surface area contributed by atoms with E-state index < -0.39 is 46.0 Å². The van der Waals surface area contributed by atoms with Gasteiger partial charge in [0, 0.05) is 17.3 Å². The first-order valence-electron chi connectivity index (χ1n) is 10.7. The van der Waals surface area contributed by atoms with Gasteiger partial charge in [0.25, 0.3) is 10.0 Å². The van der Waals surface area contributed by atoms with Crippen LogP contribution in [0.5, 0.6) is 0 Å². The minimum absolute atomic E-state index is 0.0697. The van der Waals surface area contributed by atoms with Crippen molar-refractivity contribution in [2.45, 2.75) is 37.3 Å². The Bertz CT molecular complexity index is 1310. The lowest BCUT2D eigenvalue weighted by molar-refractivity contribution is 0.0482. The number of nitrogens with one attached hydrogen (secondary N) is 2. The van der Waals surface area contributed by atoms with Crippen molar-refractivity contribution in [3.05, 3.63) is 83.9 Å². The molecule has 0 aromatic heterocycles. The molecule has 35 heavy (non-hydrogen) atoms. The zero-order valence-electron chi connectivity index (χ0n) is 19.4. The maximum Gasteiger partial charge on any atom is 0.408 e. The number of alkyl carbamates (subject to hydrolysis) is 1. The van der Waals surface area contributed by atoms with Gasteiger partial charge in [0.05, 0.1) is 17.5 Å². The van der Waals surface area contributed by atoms with Gasteiger partial charge in [-0.25, -0.2) is 22.0 Å². The lowest BCUT2D eigenvalue weighted by atomic mass is 10.1. The molecule has 3 aromatic rings. The van der Waals surface area contributed by atoms with Crippen LogP contribution in [0.3, 0.4) is 0 Å². The quantitative estimate of drug-likeness (QED) is 0.421. The van der Waals surface area contributed by atoms with Crippen LogP contribution in [0.4, 0.5) is 19.3 Å². The molecule has 0 fully saturated rings. The molecule has 0 aliphatic carbocycles. The number of hydrogen-bond acceptors (Lipinski definition) is 5. The zero-order valence-corrected chi connectivity index (χ0v) is 20.2. The summed E-state index contributed by atoms with van der Waals surface area (Å²) in [7, 11) is -4.00. The van der Waals surface area contributed by atoms with Crippen molar-refractivity contribution < 1.29 is 31.8 Å². The van der Waals surface area contributed by atoms with Crippen molar-refractivity contribution in [2.24, 2.45) is 0 Å². The Labute approximate surface area is 202 Å².